The third-order valence-corrected chi connectivity index (χ3v) is 5.15. The van der Waals surface area contributed by atoms with Crippen molar-refractivity contribution in [1.29, 1.82) is 0 Å². The van der Waals surface area contributed by atoms with E-state index in [9.17, 15) is 4.79 Å². The highest BCUT2D eigenvalue weighted by atomic mass is 35.5. The molecule has 1 aromatic carbocycles. The van der Waals surface area contributed by atoms with Crippen LogP contribution in [0, 0.1) is 12.8 Å². The molecule has 2 aromatic heterocycles. The molecule has 0 atom stereocenters. The Hall–Kier alpha value is -2.05. The summed E-state index contributed by atoms with van der Waals surface area (Å²) in [7, 11) is 0. The van der Waals surface area contributed by atoms with Crippen LogP contribution < -0.4 is 5.32 Å². The van der Waals surface area contributed by atoms with Gasteiger partial charge >= 0.3 is 0 Å². The number of anilines is 1. The minimum absolute atomic E-state index is 0.0359. The molecule has 8 heteroatoms. The minimum Gasteiger partial charge on any atom is -0.308 e. The summed E-state index contributed by atoms with van der Waals surface area (Å²) in [5, 5.41) is 8.89. The van der Waals surface area contributed by atoms with Crippen molar-refractivity contribution in [3.63, 3.8) is 0 Å². The van der Waals surface area contributed by atoms with E-state index in [1.807, 2.05) is 28.9 Å². The largest absolute Gasteiger partial charge is 0.308 e. The molecule has 3 aromatic rings. The summed E-state index contributed by atoms with van der Waals surface area (Å²) in [4.78, 5) is 16.5. The van der Waals surface area contributed by atoms with Gasteiger partial charge in [-0.25, -0.2) is 4.98 Å². The number of para-hydroxylation sites is 1. The Bertz CT molecular complexity index is 958. The third-order valence-electron chi connectivity index (χ3n) is 4.40. The molecule has 0 unspecified atom stereocenters. The van der Waals surface area contributed by atoms with E-state index in [1.54, 1.807) is 11.5 Å². The number of rotatable bonds is 5. The second kappa shape index (κ2) is 6.35. The summed E-state index contributed by atoms with van der Waals surface area (Å²) in [6, 6.07) is 7.91. The first kappa shape index (κ1) is 16.4. The van der Waals surface area contributed by atoms with Crippen LogP contribution in [-0.4, -0.2) is 25.2 Å². The molecule has 130 valence electrons. The van der Waals surface area contributed by atoms with Gasteiger partial charge in [-0.05, 0) is 37.8 Å². The zero-order valence-electron chi connectivity index (χ0n) is 13.7. The number of nitrogens with zero attached hydrogens (tertiary/aromatic N) is 4. The molecule has 1 N–H and O–H groups in total. The van der Waals surface area contributed by atoms with Crippen LogP contribution in [0.2, 0.25) is 10.3 Å². The third kappa shape index (κ3) is 3.24. The van der Waals surface area contributed by atoms with E-state index >= 15 is 0 Å². The van der Waals surface area contributed by atoms with Gasteiger partial charge in [-0.3, -0.25) is 9.48 Å². The topological polar surface area (TPSA) is 64.7 Å². The van der Waals surface area contributed by atoms with E-state index in [2.05, 4.69) is 15.4 Å². The number of benzene rings is 1. The molecule has 1 aliphatic carbocycles. The molecule has 0 spiro atoms. The van der Waals surface area contributed by atoms with Crippen LogP contribution in [0.25, 0.3) is 10.9 Å². The van der Waals surface area contributed by atoms with E-state index in [0.717, 1.165) is 17.4 Å². The number of nitrogens with one attached hydrogen (secondary N) is 1. The molecular weight excluding hydrogens is 361 g/mol. The maximum atomic E-state index is 12.5. The summed E-state index contributed by atoms with van der Waals surface area (Å²) in [5.41, 5.74) is 1.03. The van der Waals surface area contributed by atoms with Gasteiger partial charge in [0.05, 0.1) is 5.52 Å². The van der Waals surface area contributed by atoms with Crippen LogP contribution in [0.15, 0.2) is 24.3 Å². The molecule has 0 radical (unpaired) electrons. The minimum atomic E-state index is -0.221. The van der Waals surface area contributed by atoms with Crippen molar-refractivity contribution in [2.45, 2.75) is 32.9 Å². The van der Waals surface area contributed by atoms with Crippen molar-refractivity contribution in [3.05, 3.63) is 40.4 Å². The van der Waals surface area contributed by atoms with E-state index in [4.69, 9.17) is 23.2 Å². The second-order valence-electron chi connectivity index (χ2n) is 6.37. The van der Waals surface area contributed by atoms with Crippen molar-refractivity contribution in [2.75, 3.05) is 5.32 Å². The van der Waals surface area contributed by atoms with Crippen LogP contribution in [0.1, 0.15) is 18.7 Å². The fraction of sp³-hybridized carbons (Fsp3) is 0.353. The van der Waals surface area contributed by atoms with E-state index in [-0.39, 0.29) is 22.8 Å². The molecule has 0 aliphatic heterocycles. The van der Waals surface area contributed by atoms with Crippen LogP contribution in [0.3, 0.4) is 0 Å². The molecule has 0 saturated heterocycles. The van der Waals surface area contributed by atoms with E-state index < -0.39 is 0 Å². The highest BCUT2D eigenvalue weighted by molar-refractivity contribution is 6.40. The quantitative estimate of drug-likeness (QED) is 0.733. The maximum absolute atomic E-state index is 12.5. The highest BCUT2D eigenvalue weighted by Gasteiger charge is 2.24. The normalized spacial score (nSPS) is 14.2. The van der Waals surface area contributed by atoms with Gasteiger partial charge in [0.25, 0.3) is 0 Å². The number of hydrogen-bond acceptors (Lipinski definition) is 3. The Kier molecular flexibility index (Phi) is 4.17. The van der Waals surface area contributed by atoms with Gasteiger partial charge in [0.1, 0.15) is 17.5 Å². The summed E-state index contributed by atoms with van der Waals surface area (Å²) in [5.74, 6) is 1.64. The Balaban J connectivity index is 1.58. The standard InChI is InChI=1S/C17H17Cl2N5O/c1-10-20-15(18)16(19)23(10)9-14(25)21-17-12-4-2-3-5-13(12)24(22-17)8-11-6-7-11/h2-5,11H,6-9H2,1H3,(H,21,22,25). The van der Waals surface area contributed by atoms with Gasteiger partial charge in [0, 0.05) is 11.9 Å². The number of aromatic nitrogens is 4. The average Bonchev–Trinajstić information content (AvgIpc) is 3.30. The van der Waals surface area contributed by atoms with E-state index in [1.165, 1.54) is 12.8 Å². The second-order valence-corrected chi connectivity index (χ2v) is 7.08. The molecule has 1 amide bonds. The molecule has 6 nitrogen and oxygen atoms in total. The number of fused-ring (bicyclic) bond motifs is 1. The lowest BCUT2D eigenvalue weighted by Gasteiger charge is -2.06. The van der Waals surface area contributed by atoms with Crippen LogP contribution in [0.5, 0.6) is 0 Å². The Morgan fingerprint density at radius 2 is 2.08 bits per heavy atom. The molecular formula is C17H17Cl2N5O. The van der Waals surface area contributed by atoms with Gasteiger partial charge < -0.3 is 9.88 Å². The Labute approximate surface area is 154 Å². The van der Waals surface area contributed by atoms with Crippen LogP contribution in [-0.2, 0) is 17.9 Å². The molecule has 25 heavy (non-hydrogen) atoms. The molecule has 1 aliphatic rings. The number of imidazole rings is 1. The molecule has 1 fully saturated rings. The van der Waals surface area contributed by atoms with E-state index in [0.29, 0.717) is 17.6 Å². The van der Waals surface area contributed by atoms with Crippen molar-refractivity contribution < 1.29 is 4.79 Å². The first-order valence-corrected chi connectivity index (χ1v) is 8.92. The van der Waals surface area contributed by atoms with Gasteiger partial charge in [-0.1, -0.05) is 35.3 Å². The van der Waals surface area contributed by atoms with Crippen molar-refractivity contribution >= 4 is 45.8 Å². The predicted octanol–water partition coefficient (Wildman–Crippen LogP) is 3.90. The molecule has 1 saturated carbocycles. The number of aryl methyl sites for hydroxylation is 1. The van der Waals surface area contributed by atoms with Gasteiger partial charge in [0.2, 0.25) is 5.91 Å². The predicted molar refractivity (Wildman–Crippen MR) is 98.1 cm³/mol. The lowest BCUT2D eigenvalue weighted by Crippen LogP contribution is -2.20. The number of halogens is 2. The van der Waals surface area contributed by atoms with Crippen LogP contribution in [0.4, 0.5) is 5.82 Å². The Morgan fingerprint density at radius 3 is 2.76 bits per heavy atom. The van der Waals surface area contributed by atoms with Gasteiger partial charge in [-0.15, -0.1) is 0 Å². The average molecular weight is 378 g/mol. The highest BCUT2D eigenvalue weighted by Crippen LogP contribution is 2.33. The zero-order valence-corrected chi connectivity index (χ0v) is 15.2. The summed E-state index contributed by atoms with van der Waals surface area (Å²) in [6.07, 6.45) is 2.49. The lowest BCUT2D eigenvalue weighted by atomic mass is 10.2. The first-order valence-electron chi connectivity index (χ1n) is 8.16. The Morgan fingerprint density at radius 1 is 1.32 bits per heavy atom. The number of carbonyl (C=O) groups excluding carboxylic acids is 1. The fourth-order valence-electron chi connectivity index (χ4n) is 2.90. The summed E-state index contributed by atoms with van der Waals surface area (Å²) >= 11 is 12.0. The molecule has 4 rings (SSSR count). The number of amides is 1. The zero-order chi connectivity index (χ0) is 17.6. The van der Waals surface area contributed by atoms with Crippen LogP contribution >= 0.6 is 23.2 Å². The van der Waals surface area contributed by atoms with Gasteiger partial charge in [0.15, 0.2) is 11.0 Å². The lowest BCUT2D eigenvalue weighted by molar-refractivity contribution is -0.116. The smallest absolute Gasteiger partial charge is 0.245 e. The van der Waals surface area contributed by atoms with Crippen molar-refractivity contribution in [2.24, 2.45) is 5.92 Å². The molecule has 0 bridgehead atoms. The fourth-order valence-corrected chi connectivity index (χ4v) is 3.35. The van der Waals surface area contributed by atoms with Crippen molar-refractivity contribution in [3.8, 4) is 0 Å². The maximum Gasteiger partial charge on any atom is 0.245 e. The first-order chi connectivity index (χ1) is 12.0. The number of carbonyl (C=O) groups is 1. The molecule has 2 heterocycles. The van der Waals surface area contributed by atoms with Crippen molar-refractivity contribution in [1.82, 2.24) is 19.3 Å². The summed E-state index contributed by atoms with van der Waals surface area (Å²) < 4.78 is 3.55. The SMILES string of the molecule is Cc1nc(Cl)c(Cl)n1CC(=O)Nc1nn(CC2CC2)c2ccccc12. The van der Waals surface area contributed by atoms with Gasteiger partial charge in [-0.2, -0.15) is 5.10 Å². The summed E-state index contributed by atoms with van der Waals surface area (Å²) in [6.45, 7) is 2.68. The number of hydrogen-bond donors (Lipinski definition) is 1. The monoisotopic (exact) mass is 377 g/mol.